The van der Waals surface area contributed by atoms with Crippen LogP contribution in [0.15, 0.2) is 48.5 Å². The Morgan fingerprint density at radius 1 is 0.714 bits per heavy atom. The molecule has 0 saturated heterocycles. The molecule has 2 rings (SSSR count). The van der Waals surface area contributed by atoms with Crippen LogP contribution in [0.4, 0.5) is 0 Å². The Bertz CT molecular complexity index is 810. The number of halogens is 2. The van der Waals surface area contributed by atoms with Gasteiger partial charge in [-0.25, -0.2) is 0 Å². The summed E-state index contributed by atoms with van der Waals surface area (Å²) in [6.45, 7) is 0.852. The number of benzene rings is 2. The molecule has 0 bridgehead atoms. The summed E-state index contributed by atoms with van der Waals surface area (Å²) in [7, 11) is -3.74. The summed E-state index contributed by atoms with van der Waals surface area (Å²) in [5.74, 6) is 0. The molecule has 2 aromatic rings. The van der Waals surface area contributed by atoms with Crippen LogP contribution in [0.2, 0.25) is 10.0 Å². The first kappa shape index (κ1) is 22.9. The molecule has 12 heteroatoms. The third-order valence-corrected chi connectivity index (χ3v) is 6.91. The van der Waals surface area contributed by atoms with Gasteiger partial charge in [0, 0.05) is 23.1 Å². The van der Waals surface area contributed by atoms with Gasteiger partial charge >= 0.3 is 15.9 Å². The van der Waals surface area contributed by atoms with Gasteiger partial charge in [0.2, 0.25) is 20.8 Å². The normalized spacial score (nSPS) is 11.2. The molecule has 0 spiro atoms. The third-order valence-electron chi connectivity index (χ3n) is 3.22. The minimum atomic E-state index is -1.87. The van der Waals surface area contributed by atoms with Gasteiger partial charge in [-0.1, -0.05) is 23.2 Å². The SMILES string of the molecule is O=[P+](NC(=S)NCCNC(=S)N[P+](=O)c1ccc(Cl)cc1)c1ccc(Cl)cc1. The maximum atomic E-state index is 12.2. The zero-order chi connectivity index (χ0) is 20.5. The Kier molecular flexibility index (Phi) is 9.45. The molecule has 0 aliphatic rings. The first-order chi connectivity index (χ1) is 13.3. The largest absolute Gasteiger partial charge is 0.501 e. The molecule has 2 unspecified atom stereocenters. The van der Waals surface area contributed by atoms with Crippen LogP contribution in [0.1, 0.15) is 0 Å². The quantitative estimate of drug-likeness (QED) is 0.266. The van der Waals surface area contributed by atoms with Crippen LogP contribution in [-0.4, -0.2) is 23.3 Å². The minimum Gasteiger partial charge on any atom is -0.358 e. The fraction of sp³-hybridized carbons (Fsp3) is 0.125. The molecule has 0 aliphatic carbocycles. The van der Waals surface area contributed by atoms with E-state index in [1.54, 1.807) is 48.5 Å². The highest BCUT2D eigenvalue weighted by atomic mass is 35.5. The molecule has 0 heterocycles. The van der Waals surface area contributed by atoms with Crippen molar-refractivity contribution in [3.8, 4) is 0 Å². The number of hydrogen-bond donors (Lipinski definition) is 4. The molecule has 6 nitrogen and oxygen atoms in total. The number of nitrogens with one attached hydrogen (secondary N) is 4. The van der Waals surface area contributed by atoms with E-state index in [0.717, 1.165) is 0 Å². The van der Waals surface area contributed by atoms with Crippen molar-refractivity contribution in [3.63, 3.8) is 0 Å². The van der Waals surface area contributed by atoms with Gasteiger partial charge in [-0.2, -0.15) is 0 Å². The van der Waals surface area contributed by atoms with E-state index in [1.165, 1.54) is 0 Å². The molecule has 0 aromatic heterocycles. The van der Waals surface area contributed by atoms with Crippen LogP contribution in [0.5, 0.6) is 0 Å². The first-order valence-electron chi connectivity index (χ1n) is 7.90. The predicted octanol–water partition coefficient (Wildman–Crippen LogP) is 3.36. The summed E-state index contributed by atoms with van der Waals surface area (Å²) >= 11 is 21.8. The lowest BCUT2D eigenvalue weighted by Crippen LogP contribution is -2.40. The van der Waals surface area contributed by atoms with Crippen molar-refractivity contribution in [2.45, 2.75) is 0 Å². The minimum absolute atomic E-state index is 0.254. The smallest absolute Gasteiger partial charge is 0.358 e. The summed E-state index contributed by atoms with van der Waals surface area (Å²) in [5, 5.41) is 14.1. The zero-order valence-corrected chi connectivity index (χ0v) is 19.3. The van der Waals surface area contributed by atoms with E-state index in [2.05, 4.69) is 20.8 Å². The first-order valence-corrected chi connectivity index (χ1v) is 12.0. The molecular formula is C16H16Cl2N4O2P2S2+2. The molecule has 4 N–H and O–H groups in total. The van der Waals surface area contributed by atoms with Crippen molar-refractivity contribution in [2.75, 3.05) is 13.1 Å². The molecule has 0 amide bonds. The molecule has 0 radical (unpaired) electrons. The number of hydrogen-bond acceptors (Lipinski definition) is 4. The van der Waals surface area contributed by atoms with Crippen molar-refractivity contribution in [1.29, 1.82) is 0 Å². The fourth-order valence-electron chi connectivity index (χ4n) is 1.90. The van der Waals surface area contributed by atoms with E-state index in [-0.39, 0.29) is 10.2 Å². The van der Waals surface area contributed by atoms with Gasteiger partial charge in [0.15, 0.2) is 0 Å². The summed E-state index contributed by atoms with van der Waals surface area (Å²) in [6, 6.07) is 13.3. The van der Waals surface area contributed by atoms with Crippen LogP contribution in [0.25, 0.3) is 0 Å². The van der Waals surface area contributed by atoms with Crippen molar-refractivity contribution in [2.24, 2.45) is 0 Å². The summed E-state index contributed by atoms with van der Waals surface area (Å²) in [6.07, 6.45) is 0. The van der Waals surface area contributed by atoms with Crippen LogP contribution < -0.4 is 31.4 Å². The Morgan fingerprint density at radius 3 is 1.36 bits per heavy atom. The zero-order valence-electron chi connectivity index (χ0n) is 14.3. The molecule has 2 aromatic carbocycles. The van der Waals surface area contributed by atoms with E-state index in [0.29, 0.717) is 33.7 Å². The third kappa shape index (κ3) is 7.92. The lowest BCUT2D eigenvalue weighted by molar-refractivity contribution is 0.589. The predicted molar refractivity (Wildman–Crippen MR) is 125 cm³/mol. The fourth-order valence-corrected chi connectivity index (χ4v) is 4.48. The monoisotopic (exact) mass is 492 g/mol. The molecule has 2 atom stereocenters. The summed E-state index contributed by atoms with van der Waals surface area (Å²) < 4.78 is 24.3. The van der Waals surface area contributed by atoms with Gasteiger partial charge < -0.3 is 10.6 Å². The highest BCUT2D eigenvalue weighted by molar-refractivity contribution is 7.81. The van der Waals surface area contributed by atoms with Crippen LogP contribution in [-0.2, 0) is 9.13 Å². The van der Waals surface area contributed by atoms with Gasteiger partial charge in [-0.15, -0.1) is 10.2 Å². The summed E-state index contributed by atoms with van der Waals surface area (Å²) in [4.78, 5) is 0. The van der Waals surface area contributed by atoms with Gasteiger partial charge in [-0.05, 0) is 82.1 Å². The second-order valence-corrected chi connectivity index (χ2v) is 9.62. The van der Waals surface area contributed by atoms with E-state index >= 15 is 0 Å². The van der Waals surface area contributed by atoms with Gasteiger partial charge in [0.05, 0.1) is 0 Å². The molecule has 0 fully saturated rings. The molecule has 146 valence electrons. The van der Waals surface area contributed by atoms with E-state index in [9.17, 15) is 9.13 Å². The Balaban J connectivity index is 1.66. The second-order valence-electron chi connectivity index (χ2n) is 5.28. The van der Waals surface area contributed by atoms with Crippen molar-refractivity contribution in [1.82, 2.24) is 20.8 Å². The Morgan fingerprint density at radius 2 is 1.04 bits per heavy atom. The Labute approximate surface area is 185 Å². The summed E-state index contributed by atoms with van der Waals surface area (Å²) in [5.41, 5.74) is 0. The Hall–Kier alpha value is -1.40. The standard InChI is InChI=1S/C16H14Cl2N4O2P2S2/c17-11-1-5-13(6-2-11)25(23)21-15(27)19-9-10-20-16(28)22-26(24)14-7-3-12(18)4-8-14/h1-8H,9-10H2,(H2-2,19,20,21,22,23,24,27,28)/p+2. The molecule has 28 heavy (non-hydrogen) atoms. The second kappa shape index (κ2) is 11.6. The van der Waals surface area contributed by atoms with Crippen molar-refractivity contribution < 1.29 is 9.13 Å². The number of thiocarbonyl (C=S) groups is 2. The molecule has 0 aliphatic heterocycles. The molecule has 0 saturated carbocycles. The van der Waals surface area contributed by atoms with Gasteiger partial charge in [0.25, 0.3) is 0 Å². The lowest BCUT2D eigenvalue weighted by Gasteiger charge is -2.06. The topological polar surface area (TPSA) is 82.3 Å². The highest BCUT2D eigenvalue weighted by Crippen LogP contribution is 2.17. The van der Waals surface area contributed by atoms with E-state index in [1.807, 2.05) is 0 Å². The highest BCUT2D eigenvalue weighted by Gasteiger charge is 2.22. The van der Waals surface area contributed by atoms with Crippen LogP contribution in [0, 0.1) is 0 Å². The van der Waals surface area contributed by atoms with Crippen molar-refractivity contribution in [3.05, 3.63) is 58.6 Å². The van der Waals surface area contributed by atoms with Crippen LogP contribution in [0.3, 0.4) is 0 Å². The van der Waals surface area contributed by atoms with Gasteiger partial charge in [-0.3, -0.25) is 0 Å². The average molecular weight is 493 g/mol. The molecular weight excluding hydrogens is 477 g/mol. The number of rotatable bonds is 7. The van der Waals surface area contributed by atoms with Gasteiger partial charge in [0.1, 0.15) is 0 Å². The maximum absolute atomic E-state index is 12.2. The van der Waals surface area contributed by atoms with E-state index in [4.69, 9.17) is 47.6 Å². The maximum Gasteiger partial charge on any atom is 0.501 e. The van der Waals surface area contributed by atoms with E-state index < -0.39 is 15.9 Å². The lowest BCUT2D eigenvalue weighted by atomic mass is 10.4. The average Bonchev–Trinajstić information content (AvgIpc) is 2.66. The van der Waals surface area contributed by atoms with Crippen molar-refractivity contribution >= 4 is 84.4 Å². The van der Waals surface area contributed by atoms with Crippen LogP contribution >= 0.6 is 63.5 Å².